The van der Waals surface area contributed by atoms with Gasteiger partial charge in [0.1, 0.15) is 5.75 Å². The van der Waals surface area contributed by atoms with Crippen LogP contribution in [0.5, 0.6) is 5.75 Å². The van der Waals surface area contributed by atoms with Crippen LogP contribution >= 0.6 is 0 Å². The molecule has 0 spiro atoms. The summed E-state index contributed by atoms with van der Waals surface area (Å²) in [5, 5.41) is 23.9. The Labute approximate surface area is 188 Å². The van der Waals surface area contributed by atoms with Gasteiger partial charge in [0.05, 0.1) is 5.60 Å². The zero-order valence-electron chi connectivity index (χ0n) is 18.1. The second-order valence-electron chi connectivity index (χ2n) is 9.59. The lowest BCUT2D eigenvalue weighted by Gasteiger charge is -2.56. The van der Waals surface area contributed by atoms with Crippen LogP contribution in [0.4, 0.5) is 0 Å². The summed E-state index contributed by atoms with van der Waals surface area (Å²) in [5.74, 6) is 0.258. The molecule has 4 aromatic rings. The molecule has 1 saturated heterocycles. The Balaban J connectivity index is 1.45. The average Bonchev–Trinajstić information content (AvgIpc) is 3.14. The van der Waals surface area contributed by atoms with Crippen molar-refractivity contribution in [3.63, 3.8) is 0 Å². The van der Waals surface area contributed by atoms with E-state index in [1.165, 1.54) is 22.2 Å². The lowest BCUT2D eigenvalue weighted by molar-refractivity contribution is -0.105. The van der Waals surface area contributed by atoms with Crippen molar-refractivity contribution in [3.05, 3.63) is 101 Å². The van der Waals surface area contributed by atoms with Gasteiger partial charge in [-0.1, -0.05) is 60.7 Å². The van der Waals surface area contributed by atoms with Gasteiger partial charge in [-0.2, -0.15) is 0 Å². The van der Waals surface area contributed by atoms with Gasteiger partial charge in [-0.3, -0.25) is 4.90 Å². The van der Waals surface area contributed by atoms with E-state index in [1.807, 2.05) is 18.2 Å². The SMILES string of the molecule is Oc1cccc(C23CCN(Cc4ccccc4)CC2(O)Cc2c([nH]c4ccccc24)C3)c1. The number of H-pyrrole nitrogens is 1. The second kappa shape index (κ2) is 7.22. The number of aliphatic hydroxyl groups is 1. The molecule has 6 rings (SSSR count). The third-order valence-corrected chi connectivity index (χ3v) is 7.73. The maximum atomic E-state index is 12.4. The molecule has 2 unspecified atom stereocenters. The summed E-state index contributed by atoms with van der Waals surface area (Å²) in [7, 11) is 0. The van der Waals surface area contributed by atoms with Crippen molar-refractivity contribution in [1.29, 1.82) is 0 Å². The summed E-state index contributed by atoms with van der Waals surface area (Å²) in [4.78, 5) is 6.02. The van der Waals surface area contributed by atoms with E-state index in [4.69, 9.17) is 0 Å². The van der Waals surface area contributed by atoms with E-state index in [-0.39, 0.29) is 5.75 Å². The minimum Gasteiger partial charge on any atom is -0.508 e. The Bertz CT molecular complexity index is 1280. The monoisotopic (exact) mass is 424 g/mol. The predicted molar refractivity (Wildman–Crippen MR) is 127 cm³/mol. The van der Waals surface area contributed by atoms with Crippen molar-refractivity contribution in [3.8, 4) is 5.75 Å². The molecule has 2 atom stereocenters. The Hall–Kier alpha value is -3.08. The first-order valence-electron chi connectivity index (χ1n) is 11.4. The molecule has 162 valence electrons. The highest BCUT2D eigenvalue weighted by Crippen LogP contribution is 2.51. The molecule has 32 heavy (non-hydrogen) atoms. The summed E-state index contributed by atoms with van der Waals surface area (Å²) >= 11 is 0. The Morgan fingerprint density at radius 2 is 1.72 bits per heavy atom. The smallest absolute Gasteiger partial charge is 0.115 e. The van der Waals surface area contributed by atoms with Gasteiger partial charge in [0.15, 0.2) is 0 Å². The zero-order chi connectivity index (χ0) is 21.8. The second-order valence-corrected chi connectivity index (χ2v) is 9.59. The van der Waals surface area contributed by atoms with Crippen molar-refractivity contribution in [2.24, 2.45) is 0 Å². The minimum atomic E-state index is -0.925. The largest absolute Gasteiger partial charge is 0.508 e. The molecule has 3 N–H and O–H groups in total. The number of β-amino-alcohol motifs (C(OH)–C–C–N with tert-alkyl or cyclic N) is 1. The molecule has 1 aromatic heterocycles. The Morgan fingerprint density at radius 1 is 0.906 bits per heavy atom. The molecule has 1 aliphatic heterocycles. The van der Waals surface area contributed by atoms with E-state index in [2.05, 4.69) is 64.5 Å². The number of aromatic hydroxyl groups is 1. The number of likely N-dealkylation sites (tertiary alicyclic amines) is 1. The molecule has 1 fully saturated rings. The molecule has 1 aliphatic carbocycles. The van der Waals surface area contributed by atoms with E-state index in [0.717, 1.165) is 37.0 Å². The van der Waals surface area contributed by atoms with Gasteiger partial charge >= 0.3 is 0 Å². The van der Waals surface area contributed by atoms with E-state index in [1.54, 1.807) is 6.07 Å². The van der Waals surface area contributed by atoms with Crippen LogP contribution in [0.25, 0.3) is 10.9 Å². The quantitative estimate of drug-likeness (QED) is 0.452. The number of aromatic amines is 1. The van der Waals surface area contributed by atoms with Crippen LogP contribution in [0.15, 0.2) is 78.9 Å². The molecular formula is C28H28N2O2. The fourth-order valence-electron chi connectivity index (χ4n) is 6.16. The van der Waals surface area contributed by atoms with Crippen molar-refractivity contribution in [2.75, 3.05) is 13.1 Å². The number of hydrogen-bond acceptors (Lipinski definition) is 3. The molecule has 2 aliphatic rings. The lowest BCUT2D eigenvalue weighted by atomic mass is 9.56. The van der Waals surface area contributed by atoms with E-state index >= 15 is 0 Å². The van der Waals surface area contributed by atoms with Gasteiger partial charge in [0.2, 0.25) is 0 Å². The third-order valence-electron chi connectivity index (χ3n) is 7.73. The maximum Gasteiger partial charge on any atom is 0.115 e. The van der Waals surface area contributed by atoms with Crippen LogP contribution < -0.4 is 0 Å². The number of phenols is 1. The van der Waals surface area contributed by atoms with Crippen molar-refractivity contribution in [2.45, 2.75) is 36.8 Å². The van der Waals surface area contributed by atoms with Crippen LogP contribution in [0.2, 0.25) is 0 Å². The minimum absolute atomic E-state index is 0.258. The fourth-order valence-corrected chi connectivity index (χ4v) is 6.16. The van der Waals surface area contributed by atoms with Crippen LogP contribution in [0.3, 0.4) is 0 Å². The van der Waals surface area contributed by atoms with Crippen molar-refractivity contribution >= 4 is 10.9 Å². The van der Waals surface area contributed by atoms with Crippen molar-refractivity contribution < 1.29 is 10.2 Å². The number of piperidine rings is 1. The molecule has 2 heterocycles. The van der Waals surface area contributed by atoms with Gasteiger partial charge < -0.3 is 15.2 Å². The molecule has 0 saturated carbocycles. The standard InChI is InChI=1S/C28H28N2O2/c31-22-10-6-9-21(15-22)27-13-14-30(18-20-7-2-1-3-8-20)19-28(27,32)16-24-23-11-4-5-12-25(23)29-26(24)17-27/h1-12,15,29,31-32H,13-14,16-19H2. The van der Waals surface area contributed by atoms with Crippen LogP contribution in [-0.4, -0.2) is 38.8 Å². The summed E-state index contributed by atoms with van der Waals surface area (Å²) in [5.41, 5.74) is 4.52. The highest BCUT2D eigenvalue weighted by atomic mass is 16.3. The van der Waals surface area contributed by atoms with Gasteiger partial charge in [0, 0.05) is 47.9 Å². The van der Waals surface area contributed by atoms with E-state index < -0.39 is 11.0 Å². The van der Waals surface area contributed by atoms with Gasteiger partial charge in [-0.25, -0.2) is 0 Å². The van der Waals surface area contributed by atoms with E-state index in [0.29, 0.717) is 13.0 Å². The molecule has 3 aromatic carbocycles. The summed E-state index contributed by atoms with van der Waals surface area (Å²) in [6.45, 7) is 2.35. The predicted octanol–water partition coefficient (Wildman–Crippen LogP) is 4.55. The number of fused-ring (bicyclic) bond motifs is 4. The zero-order valence-corrected chi connectivity index (χ0v) is 18.1. The lowest BCUT2D eigenvalue weighted by Crippen LogP contribution is -2.66. The molecule has 0 amide bonds. The summed E-state index contributed by atoms with van der Waals surface area (Å²) < 4.78 is 0. The number of aromatic nitrogens is 1. The van der Waals surface area contributed by atoms with Gasteiger partial charge in [0.25, 0.3) is 0 Å². The maximum absolute atomic E-state index is 12.4. The van der Waals surface area contributed by atoms with Crippen LogP contribution in [-0.2, 0) is 24.8 Å². The number of para-hydroxylation sites is 1. The van der Waals surface area contributed by atoms with E-state index in [9.17, 15) is 10.2 Å². The normalized spacial score (nSPS) is 25.4. The van der Waals surface area contributed by atoms with Gasteiger partial charge in [-0.15, -0.1) is 0 Å². The Morgan fingerprint density at radius 3 is 2.56 bits per heavy atom. The first-order valence-corrected chi connectivity index (χ1v) is 11.4. The first-order chi connectivity index (χ1) is 15.6. The molecule has 4 nitrogen and oxygen atoms in total. The third kappa shape index (κ3) is 2.98. The highest BCUT2D eigenvalue weighted by Gasteiger charge is 2.57. The van der Waals surface area contributed by atoms with Crippen LogP contribution in [0, 0.1) is 0 Å². The molecular weight excluding hydrogens is 396 g/mol. The number of phenolic OH excluding ortho intramolecular Hbond substituents is 1. The number of rotatable bonds is 3. The summed E-state index contributed by atoms with van der Waals surface area (Å²) in [6, 6.07) is 26.4. The summed E-state index contributed by atoms with van der Waals surface area (Å²) in [6.07, 6.45) is 2.19. The number of benzene rings is 3. The fraction of sp³-hybridized carbons (Fsp3) is 0.286. The number of nitrogens with one attached hydrogen (secondary N) is 1. The number of hydrogen-bond donors (Lipinski definition) is 3. The first kappa shape index (κ1) is 19.6. The average molecular weight is 425 g/mol. The number of nitrogens with zero attached hydrogens (tertiary/aromatic N) is 1. The Kier molecular flexibility index (Phi) is 4.42. The highest BCUT2D eigenvalue weighted by molar-refractivity contribution is 5.85. The van der Waals surface area contributed by atoms with Gasteiger partial charge in [-0.05, 0) is 47.9 Å². The van der Waals surface area contributed by atoms with Crippen LogP contribution in [0.1, 0.15) is 28.8 Å². The molecule has 4 heteroatoms. The molecule has 0 radical (unpaired) electrons. The van der Waals surface area contributed by atoms with Crippen molar-refractivity contribution in [1.82, 2.24) is 9.88 Å². The molecule has 0 bridgehead atoms. The topological polar surface area (TPSA) is 59.5 Å².